The number of piperidine rings is 1. The monoisotopic (exact) mass is 324 g/mol. The zero-order chi connectivity index (χ0) is 15.2. The topological polar surface area (TPSA) is 39.7 Å². The minimum absolute atomic E-state index is 0.601. The molecule has 2 aliphatic heterocycles. The second-order valence-electron chi connectivity index (χ2n) is 7.17. The predicted octanol–water partition coefficient (Wildman–Crippen LogP) is 2.17. The summed E-state index contributed by atoms with van der Waals surface area (Å²) in [6.07, 6.45) is 8.16. The van der Waals surface area contributed by atoms with Gasteiger partial charge >= 0.3 is 0 Å². The second-order valence-corrected chi connectivity index (χ2v) is 8.40. The van der Waals surface area contributed by atoms with Crippen molar-refractivity contribution in [3.63, 3.8) is 0 Å². The molecule has 2 heterocycles. The van der Waals surface area contributed by atoms with Crippen molar-refractivity contribution < 1.29 is 0 Å². The highest BCUT2D eigenvalue weighted by molar-refractivity contribution is 7.99. The Labute approximate surface area is 139 Å². The van der Waals surface area contributed by atoms with Crippen LogP contribution in [0.25, 0.3) is 0 Å². The van der Waals surface area contributed by atoms with E-state index in [0.717, 1.165) is 24.3 Å². The molecule has 3 aliphatic rings. The van der Waals surface area contributed by atoms with E-state index in [4.69, 9.17) is 0 Å². The highest BCUT2D eigenvalue weighted by Crippen LogP contribution is 2.30. The largest absolute Gasteiger partial charge is 0.356 e. The Morgan fingerprint density at radius 1 is 1.05 bits per heavy atom. The summed E-state index contributed by atoms with van der Waals surface area (Å²) in [7, 11) is 1.90. The smallest absolute Gasteiger partial charge is 0.191 e. The summed E-state index contributed by atoms with van der Waals surface area (Å²) in [5, 5.41) is 7.20. The average Bonchev–Trinajstić information content (AvgIpc) is 3.38. The Balaban J connectivity index is 1.33. The van der Waals surface area contributed by atoms with E-state index in [1.165, 1.54) is 69.7 Å². The third-order valence-electron chi connectivity index (χ3n) is 5.26. The molecule has 0 aromatic carbocycles. The number of aliphatic imine (C=N–C) groups is 1. The molecule has 1 saturated carbocycles. The van der Waals surface area contributed by atoms with Gasteiger partial charge in [0.15, 0.2) is 5.96 Å². The molecule has 0 amide bonds. The minimum atomic E-state index is 0.601. The van der Waals surface area contributed by atoms with Gasteiger partial charge in [0.2, 0.25) is 0 Å². The Kier molecular flexibility index (Phi) is 6.30. The van der Waals surface area contributed by atoms with Crippen molar-refractivity contribution in [2.24, 2.45) is 16.8 Å². The van der Waals surface area contributed by atoms with Gasteiger partial charge in [0.05, 0.1) is 0 Å². The van der Waals surface area contributed by atoms with Crippen LogP contribution < -0.4 is 10.6 Å². The Morgan fingerprint density at radius 3 is 2.41 bits per heavy atom. The van der Waals surface area contributed by atoms with E-state index in [2.05, 4.69) is 32.3 Å². The van der Waals surface area contributed by atoms with E-state index in [0.29, 0.717) is 6.04 Å². The second kappa shape index (κ2) is 8.44. The minimum Gasteiger partial charge on any atom is -0.356 e. The fourth-order valence-electron chi connectivity index (χ4n) is 3.50. The molecule has 4 nitrogen and oxygen atoms in total. The van der Waals surface area contributed by atoms with Gasteiger partial charge in [-0.1, -0.05) is 0 Å². The number of rotatable bonds is 5. The molecule has 1 aliphatic carbocycles. The van der Waals surface area contributed by atoms with Gasteiger partial charge in [-0.25, -0.2) is 0 Å². The van der Waals surface area contributed by atoms with Crippen molar-refractivity contribution in [3.8, 4) is 0 Å². The molecule has 0 aromatic rings. The number of thioether (sulfide) groups is 1. The average molecular weight is 325 g/mol. The molecule has 2 saturated heterocycles. The molecule has 0 radical (unpaired) electrons. The van der Waals surface area contributed by atoms with Gasteiger partial charge < -0.3 is 15.5 Å². The highest BCUT2D eigenvalue weighted by Gasteiger charge is 2.27. The fraction of sp³-hybridized carbons (Fsp3) is 0.941. The standard InChI is InChI=1S/C17H32N4S/c1-18-17(19-12-14-6-10-22-11-7-14)20-16-4-8-21(9-5-16)13-15-2-3-15/h14-16H,2-13H2,1H3,(H2,18,19,20). The van der Waals surface area contributed by atoms with Gasteiger partial charge in [0.25, 0.3) is 0 Å². The van der Waals surface area contributed by atoms with E-state index in [-0.39, 0.29) is 0 Å². The number of nitrogens with zero attached hydrogens (tertiary/aromatic N) is 2. The van der Waals surface area contributed by atoms with Gasteiger partial charge in [-0.05, 0) is 61.9 Å². The number of hydrogen-bond acceptors (Lipinski definition) is 3. The molecule has 3 rings (SSSR count). The van der Waals surface area contributed by atoms with E-state index in [1.807, 2.05) is 7.05 Å². The van der Waals surface area contributed by atoms with Crippen LogP contribution in [0.15, 0.2) is 4.99 Å². The summed E-state index contributed by atoms with van der Waals surface area (Å²) in [5.74, 6) is 5.53. The van der Waals surface area contributed by atoms with Gasteiger partial charge in [-0.2, -0.15) is 11.8 Å². The van der Waals surface area contributed by atoms with Gasteiger partial charge in [0, 0.05) is 39.3 Å². The first-order valence-corrected chi connectivity index (χ1v) is 10.3. The van der Waals surface area contributed by atoms with Crippen LogP contribution in [-0.4, -0.2) is 61.6 Å². The van der Waals surface area contributed by atoms with Crippen molar-refractivity contribution in [1.29, 1.82) is 0 Å². The van der Waals surface area contributed by atoms with Crippen molar-refractivity contribution in [2.75, 3.05) is 44.7 Å². The fourth-order valence-corrected chi connectivity index (χ4v) is 4.71. The first-order valence-electron chi connectivity index (χ1n) is 9.11. The third-order valence-corrected chi connectivity index (χ3v) is 6.31. The van der Waals surface area contributed by atoms with E-state index in [9.17, 15) is 0 Å². The first kappa shape index (κ1) is 16.4. The molecule has 22 heavy (non-hydrogen) atoms. The van der Waals surface area contributed by atoms with Crippen LogP contribution in [0.5, 0.6) is 0 Å². The van der Waals surface area contributed by atoms with E-state index in [1.54, 1.807) is 0 Å². The third kappa shape index (κ3) is 5.34. The lowest BCUT2D eigenvalue weighted by atomic mass is 10.0. The summed E-state index contributed by atoms with van der Waals surface area (Å²) in [6, 6.07) is 0.601. The lowest BCUT2D eigenvalue weighted by Gasteiger charge is -2.33. The SMILES string of the molecule is CN=C(NCC1CCSCC1)NC1CCN(CC2CC2)CC1. The van der Waals surface area contributed by atoms with Crippen LogP contribution in [0.4, 0.5) is 0 Å². The lowest BCUT2D eigenvalue weighted by Crippen LogP contribution is -2.49. The Bertz CT molecular complexity index is 356. The van der Waals surface area contributed by atoms with Crippen molar-refractivity contribution >= 4 is 17.7 Å². The van der Waals surface area contributed by atoms with Crippen molar-refractivity contribution in [1.82, 2.24) is 15.5 Å². The van der Waals surface area contributed by atoms with Crippen LogP contribution in [0.1, 0.15) is 38.5 Å². The zero-order valence-electron chi connectivity index (χ0n) is 14.0. The quantitative estimate of drug-likeness (QED) is 0.601. The normalized spacial score (nSPS) is 26.1. The number of guanidine groups is 1. The van der Waals surface area contributed by atoms with Crippen LogP contribution in [0.3, 0.4) is 0 Å². The van der Waals surface area contributed by atoms with Gasteiger partial charge in [-0.3, -0.25) is 4.99 Å². The molecule has 2 N–H and O–H groups in total. The van der Waals surface area contributed by atoms with Crippen LogP contribution in [0, 0.1) is 11.8 Å². The summed E-state index contributed by atoms with van der Waals surface area (Å²) in [5.41, 5.74) is 0. The molecule has 0 atom stereocenters. The van der Waals surface area contributed by atoms with Crippen LogP contribution in [-0.2, 0) is 0 Å². The predicted molar refractivity (Wildman–Crippen MR) is 96.7 cm³/mol. The molecule has 0 unspecified atom stereocenters. The van der Waals surface area contributed by atoms with Gasteiger partial charge in [-0.15, -0.1) is 0 Å². The van der Waals surface area contributed by atoms with E-state index < -0.39 is 0 Å². The number of hydrogen-bond donors (Lipinski definition) is 2. The maximum Gasteiger partial charge on any atom is 0.191 e. The van der Waals surface area contributed by atoms with E-state index >= 15 is 0 Å². The molecule has 0 bridgehead atoms. The number of likely N-dealkylation sites (tertiary alicyclic amines) is 1. The van der Waals surface area contributed by atoms with Crippen molar-refractivity contribution in [3.05, 3.63) is 0 Å². The maximum absolute atomic E-state index is 4.42. The molecule has 0 aromatic heterocycles. The first-order chi connectivity index (χ1) is 10.8. The summed E-state index contributed by atoms with van der Waals surface area (Å²) in [6.45, 7) is 4.94. The zero-order valence-corrected chi connectivity index (χ0v) is 14.8. The van der Waals surface area contributed by atoms with Crippen LogP contribution in [0.2, 0.25) is 0 Å². The molecule has 0 spiro atoms. The summed E-state index contributed by atoms with van der Waals surface area (Å²) < 4.78 is 0. The molecule has 3 fully saturated rings. The Morgan fingerprint density at radius 2 is 1.77 bits per heavy atom. The maximum atomic E-state index is 4.42. The molecule has 5 heteroatoms. The highest BCUT2D eigenvalue weighted by atomic mass is 32.2. The molecular weight excluding hydrogens is 292 g/mol. The number of nitrogens with one attached hydrogen (secondary N) is 2. The summed E-state index contributed by atoms with van der Waals surface area (Å²) in [4.78, 5) is 7.08. The van der Waals surface area contributed by atoms with Crippen molar-refractivity contribution in [2.45, 2.75) is 44.6 Å². The molecule has 126 valence electrons. The summed E-state index contributed by atoms with van der Waals surface area (Å²) >= 11 is 2.10. The lowest BCUT2D eigenvalue weighted by molar-refractivity contribution is 0.198. The van der Waals surface area contributed by atoms with Crippen LogP contribution >= 0.6 is 11.8 Å². The molecular formula is C17H32N4S. The Hall–Kier alpha value is -0.420. The van der Waals surface area contributed by atoms with Gasteiger partial charge in [0.1, 0.15) is 0 Å².